The molecule has 0 fully saturated rings. The maximum atomic E-state index is 13.8. The van der Waals surface area contributed by atoms with Gasteiger partial charge in [-0.3, -0.25) is 0 Å². The van der Waals surface area contributed by atoms with Crippen molar-refractivity contribution >= 4 is 59.0 Å². The standard InChI is InChI=1S/C16H33FS.C14H23FO4S.C10H21FOS.C7H15FO2S.4C5H6F6.4C4H8F2/c1-5-7-8-9-10-11-12-13-14-15(3)18-16(4,17)6-2;1-3-14(2,15)20-11-7-5-4-6-10-19-13(18)9-8-12(16)17;1-3-10(2,11)13-9-7-5-4-6-8-12;1-3-7(2,8)11-5-4-10-6-9;4*1-3(6,4(2,7)8)5(9,10)11;4*1-3-4(2,5)6/h15H,5-14H2,1-4H3;8-9H,3-7,10-11H2,1-2H3,(H,16,17);12H,3-9H2,1-2H3;9H,3-6H2,1-2H3;4*1-2H3;4*3H2,1-2H3/b;9-8-;;;;;;;;;;. The zero-order valence-electron chi connectivity index (χ0n) is 79.6. The van der Waals surface area contributed by atoms with E-state index in [0.717, 1.165) is 103 Å². The molecular formula is C83H148F36O7S4. The first kappa shape index (κ1) is 153. The molecule has 0 bridgehead atoms. The highest BCUT2D eigenvalue weighted by Gasteiger charge is 2.68. The molecular weight excluding hydrogens is 1920 g/mol. The number of ether oxygens (including phenoxy) is 2. The lowest BCUT2D eigenvalue weighted by atomic mass is 10.0. The van der Waals surface area contributed by atoms with Gasteiger partial charge in [-0.25, -0.2) is 115 Å². The van der Waals surface area contributed by atoms with Crippen molar-refractivity contribution in [2.45, 2.75) is 461 Å². The topological polar surface area (TPSA) is 113 Å². The third-order valence-electron chi connectivity index (χ3n) is 17.6. The molecule has 0 heterocycles. The molecule has 0 aromatic heterocycles. The van der Waals surface area contributed by atoms with E-state index in [-0.39, 0.29) is 101 Å². The number of carboxylic acid groups (broad SMARTS) is 1. The number of unbranched alkanes of at least 4 members (excludes halogenated alkanes) is 13. The molecule has 7 nitrogen and oxygen atoms in total. The van der Waals surface area contributed by atoms with Crippen molar-refractivity contribution in [2.24, 2.45) is 0 Å². The Morgan fingerprint density at radius 2 is 0.531 bits per heavy atom. The van der Waals surface area contributed by atoms with Crippen molar-refractivity contribution in [1.82, 2.24) is 0 Å². The molecule has 0 aliphatic heterocycles. The summed E-state index contributed by atoms with van der Waals surface area (Å²) in [5.41, 5.74) is -17.8. The fraction of sp³-hybridized carbons (Fsp3) is 0.952. The molecule has 0 aliphatic rings. The van der Waals surface area contributed by atoms with Crippen LogP contribution in [0.25, 0.3) is 0 Å². The van der Waals surface area contributed by atoms with Gasteiger partial charge in [0.1, 0.15) is 6.79 Å². The van der Waals surface area contributed by atoms with Crippen LogP contribution in [0.3, 0.4) is 0 Å². The van der Waals surface area contributed by atoms with E-state index < -0.39 is 127 Å². The number of aliphatic hydroxyl groups excluding tert-OH is 2. The van der Waals surface area contributed by atoms with Crippen molar-refractivity contribution in [3.63, 3.8) is 0 Å². The smallest absolute Gasteiger partial charge is 0.428 e. The van der Waals surface area contributed by atoms with Crippen molar-refractivity contribution in [2.75, 3.05) is 43.9 Å². The number of halogens is 36. The summed E-state index contributed by atoms with van der Waals surface area (Å²) in [6, 6.07) is 0. The summed E-state index contributed by atoms with van der Waals surface area (Å²) in [4.78, 5) is 21.2. The lowest BCUT2D eigenvalue weighted by molar-refractivity contribution is -0.290. The predicted octanol–water partition coefficient (Wildman–Crippen LogP) is 35.4. The summed E-state index contributed by atoms with van der Waals surface area (Å²) in [6.45, 7) is 27.3. The molecule has 3 N–H and O–H groups in total. The van der Waals surface area contributed by atoms with E-state index in [2.05, 4.69) is 18.6 Å². The first-order valence-corrected chi connectivity index (χ1v) is 45.5. The first-order chi connectivity index (χ1) is 57.4. The zero-order valence-corrected chi connectivity index (χ0v) is 82.8. The van der Waals surface area contributed by atoms with Gasteiger partial charge in [-0.2, -0.15) is 52.7 Å². The Balaban J connectivity index is -0.000000119. The average molecular weight is 2070 g/mol. The minimum Gasteiger partial charge on any atom is -0.478 e. The number of carbonyl (C=O) groups is 2. The molecule has 130 heavy (non-hydrogen) atoms. The van der Waals surface area contributed by atoms with E-state index in [9.17, 15) is 168 Å². The van der Waals surface area contributed by atoms with Crippen LogP contribution in [-0.4, -0.2) is 191 Å². The minimum absolute atomic E-state index is 0.0625. The Morgan fingerprint density at radius 1 is 0.300 bits per heavy atom. The van der Waals surface area contributed by atoms with Crippen molar-refractivity contribution in [1.29, 1.82) is 0 Å². The molecule has 0 amide bonds. The molecule has 0 aromatic carbocycles. The van der Waals surface area contributed by atoms with Crippen LogP contribution in [0.1, 0.15) is 341 Å². The van der Waals surface area contributed by atoms with Gasteiger partial charge in [0, 0.05) is 83.1 Å². The zero-order chi connectivity index (χ0) is 107. The van der Waals surface area contributed by atoms with Crippen LogP contribution in [0.15, 0.2) is 12.2 Å². The molecule has 0 saturated heterocycles. The van der Waals surface area contributed by atoms with E-state index >= 15 is 0 Å². The number of hydrogen-bond donors (Lipinski definition) is 3. The van der Waals surface area contributed by atoms with Crippen LogP contribution >= 0.6 is 47.0 Å². The van der Waals surface area contributed by atoms with E-state index in [4.69, 9.17) is 20.1 Å². The lowest BCUT2D eigenvalue weighted by Gasteiger charge is -2.28. The number of esters is 1. The number of alkyl halides is 36. The van der Waals surface area contributed by atoms with Gasteiger partial charge < -0.3 is 24.8 Å². The summed E-state index contributed by atoms with van der Waals surface area (Å²) in [7, 11) is 0. The molecule has 0 radical (unpaired) electrons. The second kappa shape index (κ2) is 71.8. The average Bonchev–Trinajstić information content (AvgIpc) is 0.807. The molecule has 0 rings (SSSR count). The van der Waals surface area contributed by atoms with Gasteiger partial charge in [-0.05, 0) is 152 Å². The number of hydrogen-bond acceptors (Lipinski definition) is 10. The predicted molar refractivity (Wildman–Crippen MR) is 454 cm³/mol. The lowest BCUT2D eigenvalue weighted by Crippen LogP contribution is -2.51. The largest absolute Gasteiger partial charge is 0.478 e. The Hall–Kier alpha value is -2.56. The van der Waals surface area contributed by atoms with E-state index in [1.54, 1.807) is 34.6 Å². The maximum Gasteiger partial charge on any atom is 0.428 e. The molecule has 0 aliphatic carbocycles. The molecule has 0 spiro atoms. The van der Waals surface area contributed by atoms with Crippen LogP contribution in [0, 0.1) is 0 Å². The van der Waals surface area contributed by atoms with Gasteiger partial charge in [0.2, 0.25) is 23.7 Å². The molecule has 0 saturated carbocycles. The van der Waals surface area contributed by atoms with Crippen molar-refractivity contribution in [3.8, 4) is 0 Å². The Labute approximate surface area is 764 Å². The number of carboxylic acids is 1. The number of aliphatic hydroxyl groups is 2. The van der Waals surface area contributed by atoms with E-state index in [0.29, 0.717) is 43.3 Å². The fourth-order valence-corrected chi connectivity index (χ4v) is 9.94. The number of rotatable bonds is 45. The van der Waals surface area contributed by atoms with Gasteiger partial charge in [0.05, 0.1) is 13.2 Å². The summed E-state index contributed by atoms with van der Waals surface area (Å²) in [6.07, 6.45) is 1.13. The van der Waals surface area contributed by atoms with Gasteiger partial charge >= 0.3 is 36.6 Å². The van der Waals surface area contributed by atoms with Crippen LogP contribution < -0.4 is 0 Å². The molecule has 47 heteroatoms. The maximum absolute atomic E-state index is 13.8. The Morgan fingerprint density at radius 3 is 0.738 bits per heavy atom. The van der Waals surface area contributed by atoms with Crippen LogP contribution in [0.5, 0.6) is 0 Å². The quantitative estimate of drug-likeness (QED) is 0.0178. The summed E-state index contributed by atoms with van der Waals surface area (Å²) >= 11 is 5.47. The van der Waals surface area contributed by atoms with Gasteiger partial charge in [0.25, 0.3) is 46.4 Å². The Bertz CT molecular complexity index is 2410. The van der Waals surface area contributed by atoms with E-state index in [1.807, 2.05) is 20.8 Å². The second-order valence-electron chi connectivity index (χ2n) is 31.2. The van der Waals surface area contributed by atoms with Gasteiger partial charge in [-0.15, -0.1) is 47.0 Å². The molecule has 9 atom stereocenters. The highest BCUT2D eigenvalue weighted by Crippen LogP contribution is 2.48. The normalized spacial score (nSPS) is 16.3. The van der Waals surface area contributed by atoms with Gasteiger partial charge in [-0.1, -0.05) is 146 Å². The third kappa shape index (κ3) is 97.1. The minimum atomic E-state index is -5.54. The van der Waals surface area contributed by atoms with Gasteiger partial charge in [0.15, 0.2) is 20.0 Å². The van der Waals surface area contributed by atoms with Crippen LogP contribution in [0.2, 0.25) is 0 Å². The van der Waals surface area contributed by atoms with Crippen LogP contribution in [0.4, 0.5) is 158 Å². The van der Waals surface area contributed by atoms with Crippen LogP contribution in [-0.2, 0) is 19.1 Å². The molecule has 9 unspecified atom stereocenters. The SMILES string of the molecule is CC(F)(F)C(C)(F)C(F)(F)F.CC(F)(F)C(C)(F)C(F)(F)F.CC(F)(F)C(C)(F)C(F)(F)F.CC(F)(F)C(C)(F)C(F)(F)F.CCC(C)(F)F.CCC(C)(F)F.CCC(C)(F)F.CCC(C)(F)F.CCC(C)(F)SCCCCCCO.CCC(C)(F)SCCCCCCOC(=O)/C=C\C(=O)O.CCC(C)(F)SCCOCO.CCCCCCCCCCC(C)SC(C)(F)CC. The molecule has 798 valence electrons. The highest BCUT2D eigenvalue weighted by atomic mass is 32.2. The van der Waals surface area contributed by atoms with Crippen molar-refractivity contribution in [3.05, 3.63) is 12.2 Å². The summed E-state index contributed by atoms with van der Waals surface area (Å²) in [5.74, 6) is -27.0. The highest BCUT2D eigenvalue weighted by molar-refractivity contribution is 8.01. The fourth-order valence-electron chi connectivity index (χ4n) is 5.86. The number of carbonyl (C=O) groups excluding carboxylic acids is 1. The third-order valence-corrected chi connectivity index (χ3v) is 23.0. The molecule has 0 aromatic rings. The Kier molecular flexibility index (Phi) is 84.5. The second-order valence-corrected chi connectivity index (χ2v) is 37.8. The van der Waals surface area contributed by atoms with Crippen molar-refractivity contribution < 1.29 is 192 Å². The number of aliphatic carboxylic acids is 1. The number of thioether (sulfide) groups is 4. The summed E-state index contributed by atoms with van der Waals surface area (Å²) < 4.78 is 437. The first-order valence-electron chi connectivity index (χ1n) is 41.6. The summed E-state index contributed by atoms with van der Waals surface area (Å²) in [5, 5.41) is 21.2. The van der Waals surface area contributed by atoms with E-state index in [1.165, 1.54) is 133 Å². The monoisotopic (exact) mass is 2070 g/mol.